The molecule has 0 spiro atoms. The molecule has 29 heavy (non-hydrogen) atoms. The molecular formula is C22H24N4O2S. The first-order valence-corrected chi connectivity index (χ1v) is 10.3. The van der Waals surface area contributed by atoms with Gasteiger partial charge < -0.3 is 16.0 Å². The second-order valence-electron chi connectivity index (χ2n) is 6.79. The predicted octanol–water partition coefficient (Wildman–Crippen LogP) is 3.91. The molecule has 7 heteroatoms. The largest absolute Gasteiger partial charge is 0.354 e. The Hall–Kier alpha value is -3.19. The van der Waals surface area contributed by atoms with E-state index in [4.69, 9.17) is 0 Å². The molecule has 0 aliphatic rings. The van der Waals surface area contributed by atoms with E-state index >= 15 is 0 Å². The van der Waals surface area contributed by atoms with Crippen LogP contribution in [0.1, 0.15) is 16.8 Å². The highest BCUT2D eigenvalue weighted by atomic mass is 32.1. The van der Waals surface area contributed by atoms with Gasteiger partial charge in [-0.2, -0.15) is 0 Å². The minimum atomic E-state index is -0.409. The third kappa shape index (κ3) is 6.43. The summed E-state index contributed by atoms with van der Waals surface area (Å²) in [5, 5.41) is 11.0. The number of hydrogen-bond donors (Lipinski definition) is 3. The minimum Gasteiger partial charge on any atom is -0.354 e. The zero-order valence-electron chi connectivity index (χ0n) is 16.5. The molecule has 3 rings (SSSR count). The van der Waals surface area contributed by atoms with Gasteiger partial charge in [0.15, 0.2) is 0 Å². The molecule has 6 nitrogen and oxygen atoms in total. The summed E-state index contributed by atoms with van der Waals surface area (Å²) in [6, 6.07) is 15.3. The number of hydrogen-bond acceptors (Lipinski definition) is 4. The van der Waals surface area contributed by atoms with Crippen molar-refractivity contribution in [2.45, 2.75) is 20.3 Å². The topological polar surface area (TPSA) is 83.1 Å². The van der Waals surface area contributed by atoms with Crippen LogP contribution in [0, 0.1) is 13.8 Å². The minimum absolute atomic E-state index is 0.0800. The molecule has 0 saturated carbocycles. The quantitative estimate of drug-likeness (QED) is 0.554. The molecular weight excluding hydrogens is 384 g/mol. The fraction of sp³-hybridized carbons (Fsp3) is 0.227. The van der Waals surface area contributed by atoms with Crippen LogP contribution in [0.3, 0.4) is 0 Å². The number of carbonyl (C=O) groups is 2. The molecule has 3 aromatic rings. The lowest BCUT2D eigenvalue weighted by atomic mass is 10.2. The van der Waals surface area contributed by atoms with Crippen molar-refractivity contribution in [2.75, 3.05) is 18.4 Å². The van der Waals surface area contributed by atoms with Crippen molar-refractivity contribution in [3.05, 3.63) is 70.7 Å². The average Bonchev–Trinajstić information content (AvgIpc) is 3.16. The van der Waals surface area contributed by atoms with Crippen LogP contribution in [-0.4, -0.2) is 30.0 Å². The monoisotopic (exact) mass is 408 g/mol. The molecule has 2 aromatic carbocycles. The number of nitrogens with one attached hydrogen (secondary N) is 3. The Morgan fingerprint density at radius 2 is 1.79 bits per heavy atom. The number of aryl methyl sites for hydroxylation is 2. The van der Waals surface area contributed by atoms with Crippen LogP contribution < -0.4 is 16.0 Å². The van der Waals surface area contributed by atoms with Crippen LogP contribution >= 0.6 is 11.3 Å². The summed E-state index contributed by atoms with van der Waals surface area (Å²) in [7, 11) is 0. The summed E-state index contributed by atoms with van der Waals surface area (Å²) in [5.74, 6) is -0.238. The lowest BCUT2D eigenvalue weighted by Crippen LogP contribution is -2.39. The van der Waals surface area contributed by atoms with Crippen LogP contribution in [0.4, 0.5) is 10.5 Å². The second-order valence-corrected chi connectivity index (χ2v) is 7.65. The van der Waals surface area contributed by atoms with Gasteiger partial charge in [-0.05, 0) is 31.5 Å². The Balaban J connectivity index is 1.38. The maximum absolute atomic E-state index is 11.9. The lowest BCUT2D eigenvalue weighted by Gasteiger charge is -2.08. The van der Waals surface area contributed by atoms with Crippen LogP contribution in [0.15, 0.2) is 53.9 Å². The average molecular weight is 409 g/mol. The highest BCUT2D eigenvalue weighted by Crippen LogP contribution is 2.24. The molecule has 150 valence electrons. The Kier molecular flexibility index (Phi) is 6.97. The fourth-order valence-corrected chi connectivity index (χ4v) is 3.56. The summed E-state index contributed by atoms with van der Waals surface area (Å²) in [6.07, 6.45) is 0.642. The molecule has 0 aliphatic carbocycles. The first-order valence-electron chi connectivity index (χ1n) is 9.39. The molecule has 1 aromatic heterocycles. The zero-order chi connectivity index (χ0) is 20.6. The maximum atomic E-state index is 11.9. The van der Waals surface area contributed by atoms with Crippen LogP contribution in [0.2, 0.25) is 0 Å². The van der Waals surface area contributed by atoms with Gasteiger partial charge in [0.1, 0.15) is 5.01 Å². The smallest absolute Gasteiger partial charge is 0.319 e. The molecule has 1 heterocycles. The number of anilines is 1. The predicted molar refractivity (Wildman–Crippen MR) is 117 cm³/mol. The Morgan fingerprint density at radius 3 is 2.55 bits per heavy atom. The van der Waals surface area contributed by atoms with Gasteiger partial charge in [0.05, 0.1) is 12.2 Å². The first kappa shape index (κ1) is 20.5. The van der Waals surface area contributed by atoms with Crippen molar-refractivity contribution in [3.63, 3.8) is 0 Å². The number of nitrogens with zero attached hydrogens (tertiary/aromatic N) is 1. The van der Waals surface area contributed by atoms with Crippen LogP contribution in [-0.2, 0) is 11.2 Å². The van der Waals surface area contributed by atoms with Gasteiger partial charge in [0.25, 0.3) is 0 Å². The highest BCUT2D eigenvalue weighted by molar-refractivity contribution is 7.13. The molecule has 0 atom stereocenters. The van der Waals surface area contributed by atoms with E-state index < -0.39 is 6.03 Å². The van der Waals surface area contributed by atoms with Gasteiger partial charge >= 0.3 is 6.03 Å². The van der Waals surface area contributed by atoms with Crippen molar-refractivity contribution in [3.8, 4) is 10.6 Å². The van der Waals surface area contributed by atoms with Crippen LogP contribution in [0.5, 0.6) is 0 Å². The Labute approximate surface area is 174 Å². The molecule has 3 N–H and O–H groups in total. The summed E-state index contributed by atoms with van der Waals surface area (Å²) < 4.78 is 0. The first-order chi connectivity index (χ1) is 14.0. The van der Waals surface area contributed by atoms with Gasteiger partial charge in [-0.3, -0.25) is 4.79 Å². The summed E-state index contributed by atoms with van der Waals surface area (Å²) in [4.78, 5) is 28.4. The van der Waals surface area contributed by atoms with E-state index in [1.54, 1.807) is 17.4 Å². The van der Waals surface area contributed by atoms with Gasteiger partial charge in [-0.15, -0.1) is 11.3 Å². The number of rotatable bonds is 7. The van der Waals surface area contributed by atoms with Crippen molar-refractivity contribution in [1.29, 1.82) is 0 Å². The molecule has 0 saturated heterocycles. The summed E-state index contributed by atoms with van der Waals surface area (Å²) in [5.41, 5.74) is 4.99. The zero-order valence-corrected chi connectivity index (χ0v) is 17.3. The van der Waals surface area contributed by atoms with E-state index in [1.165, 1.54) is 5.56 Å². The summed E-state index contributed by atoms with van der Waals surface area (Å²) in [6.45, 7) is 4.39. The van der Waals surface area contributed by atoms with E-state index in [0.29, 0.717) is 18.7 Å². The van der Waals surface area contributed by atoms with Crippen molar-refractivity contribution < 1.29 is 9.59 Å². The van der Waals surface area contributed by atoms with E-state index in [9.17, 15) is 9.59 Å². The fourth-order valence-electron chi connectivity index (χ4n) is 2.70. The lowest BCUT2D eigenvalue weighted by molar-refractivity contribution is -0.120. The number of urea groups is 1. The van der Waals surface area contributed by atoms with Crippen LogP contribution in [0.25, 0.3) is 10.6 Å². The highest BCUT2D eigenvalue weighted by Gasteiger charge is 2.08. The molecule has 3 amide bonds. The third-order valence-electron chi connectivity index (χ3n) is 4.24. The van der Waals surface area contributed by atoms with E-state index in [2.05, 4.69) is 52.1 Å². The normalized spacial score (nSPS) is 10.4. The molecule has 0 fully saturated rings. The maximum Gasteiger partial charge on any atom is 0.319 e. The molecule has 0 aliphatic heterocycles. The number of carbonyl (C=O) groups excluding carboxylic acids is 2. The van der Waals surface area contributed by atoms with Gasteiger partial charge in [0.2, 0.25) is 5.91 Å². The SMILES string of the molecule is Cc1ccc(-c2nc(CCNC(=O)CNC(=O)Nc3cccc(C)c3)cs2)cc1. The molecule has 0 unspecified atom stereocenters. The van der Waals surface area contributed by atoms with Crippen molar-refractivity contribution >= 4 is 29.0 Å². The van der Waals surface area contributed by atoms with E-state index in [-0.39, 0.29) is 12.5 Å². The van der Waals surface area contributed by atoms with Crippen molar-refractivity contribution in [2.24, 2.45) is 0 Å². The van der Waals surface area contributed by atoms with Crippen molar-refractivity contribution in [1.82, 2.24) is 15.6 Å². The number of thiazole rings is 1. The van der Waals surface area contributed by atoms with Gasteiger partial charge in [0, 0.05) is 29.6 Å². The second kappa shape index (κ2) is 9.84. The number of aromatic nitrogens is 1. The molecule has 0 bridgehead atoms. The van der Waals surface area contributed by atoms with Gasteiger partial charge in [-0.25, -0.2) is 9.78 Å². The Bertz CT molecular complexity index is 982. The van der Waals surface area contributed by atoms with E-state index in [0.717, 1.165) is 21.8 Å². The molecule has 0 radical (unpaired) electrons. The van der Waals surface area contributed by atoms with Gasteiger partial charge in [-0.1, -0.05) is 42.0 Å². The third-order valence-corrected chi connectivity index (χ3v) is 5.18. The van der Waals surface area contributed by atoms with E-state index in [1.807, 2.05) is 30.5 Å². The standard InChI is InChI=1S/C22H24N4O2S/c1-15-6-8-17(9-7-15)21-25-19(14-29-21)10-11-23-20(27)13-24-22(28)26-18-5-3-4-16(2)12-18/h3-9,12,14H,10-11,13H2,1-2H3,(H,23,27)(H2,24,26,28). The Morgan fingerprint density at radius 1 is 1.00 bits per heavy atom. The number of benzene rings is 2. The summed E-state index contributed by atoms with van der Waals surface area (Å²) >= 11 is 1.59. The number of amides is 3.